The third-order valence-corrected chi connectivity index (χ3v) is 6.52. The van der Waals surface area contributed by atoms with Gasteiger partial charge in [0.1, 0.15) is 5.82 Å². The smallest absolute Gasteiger partial charge is 0.229 e. The van der Waals surface area contributed by atoms with E-state index in [1.807, 2.05) is 12.1 Å². The second kappa shape index (κ2) is 10.7. The summed E-state index contributed by atoms with van der Waals surface area (Å²) in [6.07, 6.45) is 7.10. The first-order valence-electron chi connectivity index (χ1n) is 11.6. The van der Waals surface area contributed by atoms with Gasteiger partial charge in [0.2, 0.25) is 5.91 Å². The van der Waals surface area contributed by atoms with E-state index in [-0.39, 0.29) is 11.8 Å². The van der Waals surface area contributed by atoms with Gasteiger partial charge in [0.05, 0.1) is 5.92 Å². The highest BCUT2D eigenvalue weighted by molar-refractivity contribution is 5.92. The van der Waals surface area contributed by atoms with Crippen molar-refractivity contribution in [2.24, 2.45) is 11.8 Å². The number of aromatic nitrogens is 1. The molecule has 0 radical (unpaired) electrons. The zero-order chi connectivity index (χ0) is 21.5. The summed E-state index contributed by atoms with van der Waals surface area (Å²) in [6, 6.07) is 12.9. The van der Waals surface area contributed by atoms with Crippen molar-refractivity contribution < 1.29 is 9.53 Å². The van der Waals surface area contributed by atoms with Gasteiger partial charge in [-0.25, -0.2) is 4.98 Å². The average Bonchev–Trinajstić information content (AvgIpc) is 2.84. The number of pyridine rings is 1. The first-order chi connectivity index (χ1) is 15.2. The summed E-state index contributed by atoms with van der Waals surface area (Å²) in [5.41, 5.74) is 3.28. The number of piperidine rings is 1. The summed E-state index contributed by atoms with van der Waals surface area (Å²) in [5.74, 6) is 1.34. The fourth-order valence-corrected chi connectivity index (χ4v) is 4.42. The summed E-state index contributed by atoms with van der Waals surface area (Å²) in [4.78, 5) is 17.1. The van der Waals surface area contributed by atoms with E-state index in [0.717, 1.165) is 75.2 Å². The first-order valence-corrected chi connectivity index (χ1v) is 11.6. The Morgan fingerprint density at radius 1 is 1.13 bits per heavy atom. The molecule has 2 aliphatic heterocycles. The van der Waals surface area contributed by atoms with Crippen molar-refractivity contribution in [3.05, 3.63) is 42.6 Å². The van der Waals surface area contributed by atoms with E-state index >= 15 is 0 Å². The molecule has 2 fully saturated rings. The molecule has 166 valence electrons. The fourth-order valence-electron chi connectivity index (χ4n) is 4.42. The minimum Gasteiger partial charge on any atom is -0.385 e. The molecule has 2 aromatic rings. The molecular formula is C25H34N4O2. The molecule has 0 spiro atoms. The molecule has 0 bridgehead atoms. The topological polar surface area (TPSA) is 75.3 Å². The van der Waals surface area contributed by atoms with Crippen molar-refractivity contribution in [3.63, 3.8) is 0 Å². The van der Waals surface area contributed by atoms with E-state index in [1.54, 1.807) is 6.20 Å². The Balaban J connectivity index is 1.37. The summed E-state index contributed by atoms with van der Waals surface area (Å²) in [5, 5.41) is 10.1. The number of nitrogens with zero attached hydrogens (tertiary/aromatic N) is 1. The highest BCUT2D eigenvalue weighted by Crippen LogP contribution is 2.26. The highest BCUT2D eigenvalue weighted by Gasteiger charge is 2.25. The van der Waals surface area contributed by atoms with Crippen LogP contribution >= 0.6 is 0 Å². The lowest BCUT2D eigenvalue weighted by Gasteiger charge is -2.28. The van der Waals surface area contributed by atoms with Crippen molar-refractivity contribution in [3.8, 4) is 11.1 Å². The second-order valence-corrected chi connectivity index (χ2v) is 8.72. The molecule has 0 saturated carbocycles. The average molecular weight is 423 g/mol. The molecule has 2 saturated heterocycles. The van der Waals surface area contributed by atoms with Crippen LogP contribution in [0.4, 0.5) is 11.5 Å². The normalized spacial score (nSPS) is 22.1. The van der Waals surface area contributed by atoms with Gasteiger partial charge in [-0.2, -0.15) is 0 Å². The molecule has 6 heteroatoms. The molecular weight excluding hydrogens is 388 g/mol. The van der Waals surface area contributed by atoms with Crippen LogP contribution in [0, 0.1) is 11.8 Å². The minimum absolute atomic E-state index is 0.00553. The molecule has 2 aliphatic rings. The molecule has 2 unspecified atom stereocenters. The molecule has 3 N–H and O–H groups in total. The Hall–Kier alpha value is -2.44. The minimum atomic E-state index is 0.00553. The van der Waals surface area contributed by atoms with Gasteiger partial charge in [-0.1, -0.05) is 19.1 Å². The quantitative estimate of drug-likeness (QED) is 0.620. The van der Waals surface area contributed by atoms with E-state index in [2.05, 4.69) is 52.1 Å². The molecule has 4 rings (SSSR count). The number of amides is 1. The molecule has 6 nitrogen and oxygen atoms in total. The van der Waals surface area contributed by atoms with Gasteiger partial charge in [-0.15, -0.1) is 0 Å². The van der Waals surface area contributed by atoms with Gasteiger partial charge in [-0.05, 0) is 73.4 Å². The SMILES string of the molecule is CCC1CCC(C(=O)Nc2cc(-c3cccc(NCC4CCOCC4)c3)ccn2)CN1. The van der Waals surface area contributed by atoms with Gasteiger partial charge >= 0.3 is 0 Å². The second-order valence-electron chi connectivity index (χ2n) is 8.72. The van der Waals surface area contributed by atoms with Crippen molar-refractivity contribution in [2.75, 3.05) is 36.9 Å². The van der Waals surface area contributed by atoms with E-state index in [0.29, 0.717) is 17.8 Å². The van der Waals surface area contributed by atoms with Gasteiger partial charge in [-0.3, -0.25) is 4.79 Å². The fraction of sp³-hybridized carbons (Fsp3) is 0.520. The van der Waals surface area contributed by atoms with Crippen LogP contribution in [0.5, 0.6) is 0 Å². The zero-order valence-corrected chi connectivity index (χ0v) is 18.4. The van der Waals surface area contributed by atoms with E-state index in [4.69, 9.17) is 4.74 Å². The largest absolute Gasteiger partial charge is 0.385 e. The molecule has 1 amide bonds. The number of ether oxygens (including phenoxy) is 1. The van der Waals surface area contributed by atoms with Crippen LogP contribution in [0.15, 0.2) is 42.6 Å². The van der Waals surface area contributed by atoms with Crippen LogP contribution in [0.1, 0.15) is 39.0 Å². The van der Waals surface area contributed by atoms with Gasteiger partial charge < -0.3 is 20.7 Å². The Labute approximate surface area is 185 Å². The van der Waals surface area contributed by atoms with Crippen LogP contribution in [-0.2, 0) is 9.53 Å². The number of carbonyl (C=O) groups excluding carboxylic acids is 1. The monoisotopic (exact) mass is 422 g/mol. The molecule has 1 aromatic carbocycles. The van der Waals surface area contributed by atoms with Crippen LogP contribution < -0.4 is 16.0 Å². The Morgan fingerprint density at radius 2 is 1.97 bits per heavy atom. The molecule has 3 heterocycles. The third kappa shape index (κ3) is 6.05. The number of benzene rings is 1. The number of anilines is 2. The summed E-state index contributed by atoms with van der Waals surface area (Å²) < 4.78 is 5.45. The summed E-state index contributed by atoms with van der Waals surface area (Å²) in [7, 11) is 0. The van der Waals surface area contributed by atoms with E-state index in [9.17, 15) is 4.79 Å². The maximum Gasteiger partial charge on any atom is 0.229 e. The van der Waals surface area contributed by atoms with E-state index < -0.39 is 0 Å². The lowest BCUT2D eigenvalue weighted by Crippen LogP contribution is -2.43. The van der Waals surface area contributed by atoms with Crippen LogP contribution in [0.25, 0.3) is 11.1 Å². The predicted octanol–water partition coefficient (Wildman–Crippen LogP) is 4.30. The van der Waals surface area contributed by atoms with E-state index in [1.165, 1.54) is 0 Å². The number of hydrogen-bond donors (Lipinski definition) is 3. The van der Waals surface area contributed by atoms with Crippen molar-refractivity contribution in [1.29, 1.82) is 0 Å². The third-order valence-electron chi connectivity index (χ3n) is 6.52. The lowest BCUT2D eigenvalue weighted by molar-refractivity contribution is -0.120. The first kappa shape index (κ1) is 21.8. The molecule has 2 atom stereocenters. The van der Waals surface area contributed by atoms with Crippen molar-refractivity contribution in [1.82, 2.24) is 10.3 Å². The van der Waals surface area contributed by atoms with Gasteiger partial charge in [0.15, 0.2) is 0 Å². The van der Waals surface area contributed by atoms with Crippen LogP contribution in [0.2, 0.25) is 0 Å². The van der Waals surface area contributed by atoms with Gasteiger partial charge in [0.25, 0.3) is 0 Å². The number of hydrogen-bond acceptors (Lipinski definition) is 5. The Kier molecular flexibility index (Phi) is 7.54. The lowest BCUT2D eigenvalue weighted by atomic mass is 9.93. The highest BCUT2D eigenvalue weighted by atomic mass is 16.5. The Morgan fingerprint density at radius 3 is 2.74 bits per heavy atom. The molecule has 0 aliphatic carbocycles. The van der Waals surface area contributed by atoms with Crippen molar-refractivity contribution >= 4 is 17.4 Å². The summed E-state index contributed by atoms with van der Waals surface area (Å²) >= 11 is 0. The summed E-state index contributed by atoms with van der Waals surface area (Å²) in [6.45, 7) is 5.63. The molecule has 31 heavy (non-hydrogen) atoms. The zero-order valence-electron chi connectivity index (χ0n) is 18.4. The molecule has 1 aromatic heterocycles. The predicted molar refractivity (Wildman–Crippen MR) is 125 cm³/mol. The van der Waals surface area contributed by atoms with Gasteiger partial charge in [0, 0.05) is 44.2 Å². The number of rotatable bonds is 7. The Bertz CT molecular complexity index is 858. The van der Waals surface area contributed by atoms with Crippen LogP contribution in [0.3, 0.4) is 0 Å². The maximum absolute atomic E-state index is 12.7. The standard InChI is InChI=1S/C25H34N4O2/c1-2-22-7-6-21(17-28-22)25(30)29-24-15-20(8-11-26-24)19-4-3-5-23(14-19)27-16-18-9-12-31-13-10-18/h3-5,8,11,14-15,18,21-22,27-28H,2,6-7,9-10,12-13,16-17H2,1H3,(H,26,29,30). The number of carbonyl (C=O) groups is 1. The maximum atomic E-state index is 12.7. The number of nitrogens with one attached hydrogen (secondary N) is 3. The van der Waals surface area contributed by atoms with Crippen molar-refractivity contribution in [2.45, 2.75) is 45.1 Å². The van der Waals surface area contributed by atoms with Crippen LogP contribution in [-0.4, -0.2) is 43.2 Å².